The molecule has 17 heavy (non-hydrogen) atoms. The summed E-state index contributed by atoms with van der Waals surface area (Å²) in [4.78, 5) is 14.3. The van der Waals surface area contributed by atoms with E-state index in [1.54, 1.807) is 37.5 Å². The number of benzene rings is 1. The second kappa shape index (κ2) is 4.61. The summed E-state index contributed by atoms with van der Waals surface area (Å²) in [5.41, 5.74) is 2.30. The van der Waals surface area contributed by atoms with E-state index in [1.165, 1.54) is 6.07 Å². The maximum Gasteiger partial charge on any atom is 0.274 e. The highest BCUT2D eigenvalue weighted by atomic mass is 16.6. The van der Waals surface area contributed by atoms with E-state index in [1.807, 2.05) is 6.07 Å². The molecular formula is C12H11N3O2. The number of rotatable bonds is 3. The highest BCUT2D eigenvalue weighted by molar-refractivity contribution is 5.63. The van der Waals surface area contributed by atoms with Crippen LogP contribution in [0.2, 0.25) is 0 Å². The van der Waals surface area contributed by atoms with E-state index in [9.17, 15) is 10.1 Å². The number of anilines is 2. The van der Waals surface area contributed by atoms with Crippen LogP contribution in [0.15, 0.2) is 42.7 Å². The summed E-state index contributed by atoms with van der Waals surface area (Å²) >= 11 is 0. The van der Waals surface area contributed by atoms with E-state index >= 15 is 0 Å². The monoisotopic (exact) mass is 229 g/mol. The fourth-order valence-electron chi connectivity index (χ4n) is 1.49. The number of nitrogens with one attached hydrogen (secondary N) is 1. The first-order chi connectivity index (χ1) is 8.16. The van der Waals surface area contributed by atoms with Gasteiger partial charge in [-0.15, -0.1) is 0 Å². The zero-order chi connectivity index (χ0) is 12.3. The van der Waals surface area contributed by atoms with E-state index in [2.05, 4.69) is 10.3 Å². The molecule has 0 radical (unpaired) electrons. The number of aromatic nitrogens is 1. The molecule has 5 nitrogen and oxygen atoms in total. The molecular weight excluding hydrogens is 218 g/mol. The van der Waals surface area contributed by atoms with Crippen LogP contribution in [-0.4, -0.2) is 9.91 Å². The van der Waals surface area contributed by atoms with Gasteiger partial charge in [0, 0.05) is 35.4 Å². The number of nitrogens with zero attached hydrogens (tertiary/aromatic N) is 2. The Balaban J connectivity index is 2.29. The first-order valence-corrected chi connectivity index (χ1v) is 5.09. The molecule has 2 rings (SSSR count). The molecule has 0 saturated heterocycles. The topological polar surface area (TPSA) is 68.1 Å². The lowest BCUT2D eigenvalue weighted by atomic mass is 10.2. The molecule has 0 aliphatic rings. The Morgan fingerprint density at radius 3 is 2.53 bits per heavy atom. The number of aryl methyl sites for hydroxylation is 1. The molecule has 0 amide bonds. The zero-order valence-corrected chi connectivity index (χ0v) is 9.25. The van der Waals surface area contributed by atoms with E-state index in [-0.39, 0.29) is 10.6 Å². The number of nitro groups is 1. The summed E-state index contributed by atoms with van der Waals surface area (Å²) in [6.07, 6.45) is 3.32. The quantitative estimate of drug-likeness (QED) is 0.648. The molecule has 0 spiro atoms. The molecule has 0 bridgehead atoms. The normalized spacial score (nSPS) is 9.94. The lowest BCUT2D eigenvalue weighted by Gasteiger charge is -2.06. The van der Waals surface area contributed by atoms with Gasteiger partial charge in [-0.2, -0.15) is 0 Å². The van der Waals surface area contributed by atoms with Crippen LogP contribution < -0.4 is 5.32 Å². The highest BCUT2D eigenvalue weighted by Crippen LogP contribution is 2.24. The molecule has 5 heteroatoms. The molecule has 2 aromatic rings. The van der Waals surface area contributed by atoms with Gasteiger partial charge in [-0.25, -0.2) is 0 Å². The van der Waals surface area contributed by atoms with E-state index in [0.29, 0.717) is 11.3 Å². The predicted octanol–water partition coefficient (Wildman–Crippen LogP) is 3.04. The van der Waals surface area contributed by atoms with Gasteiger partial charge in [-0.3, -0.25) is 15.1 Å². The molecule has 0 atom stereocenters. The smallest absolute Gasteiger partial charge is 0.274 e. The van der Waals surface area contributed by atoms with Crippen LogP contribution in [0, 0.1) is 17.0 Å². The van der Waals surface area contributed by atoms with Crippen LogP contribution in [0.25, 0.3) is 0 Å². The average Bonchev–Trinajstić information content (AvgIpc) is 2.32. The van der Waals surface area contributed by atoms with Crippen molar-refractivity contribution >= 4 is 17.1 Å². The minimum atomic E-state index is -0.382. The summed E-state index contributed by atoms with van der Waals surface area (Å²) in [5, 5.41) is 13.9. The Morgan fingerprint density at radius 1 is 1.18 bits per heavy atom. The maximum absolute atomic E-state index is 10.8. The Hall–Kier alpha value is -2.43. The van der Waals surface area contributed by atoms with Crippen molar-refractivity contribution in [2.45, 2.75) is 6.92 Å². The Kier molecular flexibility index (Phi) is 3.00. The Morgan fingerprint density at radius 2 is 1.88 bits per heavy atom. The summed E-state index contributed by atoms with van der Waals surface area (Å²) in [7, 11) is 0. The van der Waals surface area contributed by atoms with Crippen molar-refractivity contribution in [3.8, 4) is 0 Å². The SMILES string of the molecule is Cc1ccc(Nc2ccncc2)cc1[N+](=O)[O-]. The van der Waals surface area contributed by atoms with Crippen LogP contribution >= 0.6 is 0 Å². The average molecular weight is 229 g/mol. The van der Waals surface area contributed by atoms with Crippen molar-refractivity contribution in [3.05, 3.63) is 58.4 Å². The molecule has 0 unspecified atom stereocenters. The van der Waals surface area contributed by atoms with E-state index < -0.39 is 0 Å². The fourth-order valence-corrected chi connectivity index (χ4v) is 1.49. The van der Waals surface area contributed by atoms with Crippen molar-refractivity contribution in [1.29, 1.82) is 0 Å². The first-order valence-electron chi connectivity index (χ1n) is 5.09. The Labute approximate surface area is 98.3 Å². The van der Waals surface area contributed by atoms with Gasteiger partial charge in [-0.1, -0.05) is 6.07 Å². The minimum absolute atomic E-state index is 0.115. The molecule has 0 aliphatic heterocycles. The van der Waals surface area contributed by atoms with Gasteiger partial charge in [0.2, 0.25) is 0 Å². The number of hydrogen-bond acceptors (Lipinski definition) is 4. The largest absolute Gasteiger partial charge is 0.355 e. The molecule has 1 N–H and O–H groups in total. The maximum atomic E-state index is 10.8. The highest BCUT2D eigenvalue weighted by Gasteiger charge is 2.10. The minimum Gasteiger partial charge on any atom is -0.355 e. The standard InChI is InChI=1S/C12H11N3O2/c1-9-2-3-11(8-12(9)15(16)17)14-10-4-6-13-7-5-10/h2-8H,1H3,(H,13,14). The molecule has 1 aromatic carbocycles. The van der Waals surface area contributed by atoms with Crippen LogP contribution in [0.3, 0.4) is 0 Å². The first kappa shape index (κ1) is 11.1. The molecule has 0 saturated carbocycles. The third-order valence-electron chi connectivity index (χ3n) is 2.37. The summed E-state index contributed by atoms with van der Waals surface area (Å²) < 4.78 is 0. The van der Waals surface area contributed by atoms with Gasteiger partial charge in [-0.05, 0) is 25.1 Å². The van der Waals surface area contributed by atoms with Gasteiger partial charge < -0.3 is 5.32 Å². The summed E-state index contributed by atoms with van der Waals surface area (Å²) in [6.45, 7) is 1.72. The number of nitro benzene ring substituents is 1. The lowest BCUT2D eigenvalue weighted by molar-refractivity contribution is -0.385. The van der Waals surface area contributed by atoms with Gasteiger partial charge in [0.25, 0.3) is 5.69 Å². The van der Waals surface area contributed by atoms with Crippen molar-refractivity contribution < 1.29 is 4.92 Å². The molecule has 1 aromatic heterocycles. The molecule has 86 valence electrons. The van der Waals surface area contributed by atoms with E-state index in [4.69, 9.17) is 0 Å². The van der Waals surface area contributed by atoms with Crippen LogP contribution in [0.4, 0.5) is 17.1 Å². The molecule has 0 aliphatic carbocycles. The van der Waals surface area contributed by atoms with Crippen molar-refractivity contribution in [1.82, 2.24) is 4.98 Å². The third kappa shape index (κ3) is 2.57. The fraction of sp³-hybridized carbons (Fsp3) is 0.0833. The predicted molar refractivity (Wildman–Crippen MR) is 65.4 cm³/mol. The van der Waals surface area contributed by atoms with Crippen molar-refractivity contribution in [2.24, 2.45) is 0 Å². The van der Waals surface area contributed by atoms with Crippen LogP contribution in [0.5, 0.6) is 0 Å². The zero-order valence-electron chi connectivity index (χ0n) is 9.25. The molecule has 0 fully saturated rings. The van der Waals surface area contributed by atoms with Gasteiger partial charge >= 0.3 is 0 Å². The second-order valence-electron chi connectivity index (χ2n) is 3.62. The van der Waals surface area contributed by atoms with Crippen molar-refractivity contribution in [3.63, 3.8) is 0 Å². The second-order valence-corrected chi connectivity index (χ2v) is 3.62. The van der Waals surface area contributed by atoms with Crippen LogP contribution in [0.1, 0.15) is 5.56 Å². The van der Waals surface area contributed by atoms with Crippen molar-refractivity contribution in [2.75, 3.05) is 5.32 Å². The van der Waals surface area contributed by atoms with Gasteiger partial charge in [0.05, 0.1) is 4.92 Å². The third-order valence-corrected chi connectivity index (χ3v) is 2.37. The number of pyridine rings is 1. The summed E-state index contributed by atoms with van der Waals surface area (Å²) in [6, 6.07) is 8.65. The number of hydrogen-bond donors (Lipinski definition) is 1. The van der Waals surface area contributed by atoms with Gasteiger partial charge in [0.1, 0.15) is 0 Å². The van der Waals surface area contributed by atoms with Crippen LogP contribution in [-0.2, 0) is 0 Å². The van der Waals surface area contributed by atoms with Gasteiger partial charge in [0.15, 0.2) is 0 Å². The van der Waals surface area contributed by atoms with E-state index in [0.717, 1.165) is 5.69 Å². The lowest BCUT2D eigenvalue weighted by Crippen LogP contribution is -1.95. The summed E-state index contributed by atoms with van der Waals surface area (Å²) in [5.74, 6) is 0. The Bertz CT molecular complexity index is 541. The molecule has 1 heterocycles.